The van der Waals surface area contributed by atoms with Gasteiger partial charge in [0.05, 0.1) is 22.3 Å². The summed E-state index contributed by atoms with van der Waals surface area (Å²) in [5, 5.41) is 4.39. The van der Waals surface area contributed by atoms with E-state index in [0.717, 1.165) is 72.4 Å². The summed E-state index contributed by atoms with van der Waals surface area (Å²) in [7, 11) is 0. The lowest BCUT2D eigenvalue weighted by Crippen LogP contribution is -2.25. The van der Waals surface area contributed by atoms with Crippen LogP contribution in [0.4, 0.5) is 22.7 Å². The minimum Gasteiger partial charge on any atom is -0.457 e. The molecule has 7 aromatic carbocycles. The Morgan fingerprint density at radius 2 is 1.29 bits per heavy atom. The summed E-state index contributed by atoms with van der Waals surface area (Å²) in [6.07, 6.45) is 1.84. The third kappa shape index (κ3) is 6.37. The summed E-state index contributed by atoms with van der Waals surface area (Å²) in [4.78, 5) is 9.70. The number of benzene rings is 7. The summed E-state index contributed by atoms with van der Waals surface area (Å²) in [5.74, 6) is 2.30. The van der Waals surface area contributed by atoms with Gasteiger partial charge in [-0.3, -0.25) is 4.57 Å². The summed E-state index contributed by atoms with van der Waals surface area (Å²) < 4.78 is 15.7. The van der Waals surface area contributed by atoms with Gasteiger partial charge in [-0.25, -0.2) is 4.98 Å². The first-order valence-corrected chi connectivity index (χ1v) is 21.5. The predicted molar refractivity (Wildman–Crippen MR) is 257 cm³/mol. The van der Waals surface area contributed by atoms with Gasteiger partial charge in [-0.15, -0.1) is 0 Å². The van der Waals surface area contributed by atoms with E-state index >= 15 is 0 Å². The molecule has 0 unspecified atom stereocenters. The van der Waals surface area contributed by atoms with Crippen molar-refractivity contribution < 1.29 is 9.15 Å². The molecule has 0 saturated heterocycles. The summed E-state index contributed by atoms with van der Waals surface area (Å²) in [5.41, 5.74) is 13.2. The number of aromatic nitrogens is 2. The van der Waals surface area contributed by atoms with Crippen molar-refractivity contribution in [2.24, 2.45) is 0 Å². The van der Waals surface area contributed by atoms with Crippen molar-refractivity contribution in [3.05, 3.63) is 181 Å². The Labute approximate surface area is 362 Å². The van der Waals surface area contributed by atoms with Crippen LogP contribution >= 0.6 is 0 Å². The Morgan fingerprint density at radius 3 is 2.06 bits per heavy atom. The van der Waals surface area contributed by atoms with Gasteiger partial charge in [0.15, 0.2) is 5.58 Å². The number of nitrogens with zero attached hydrogens (tertiary/aromatic N) is 4. The highest BCUT2D eigenvalue weighted by molar-refractivity contribution is 6.24. The van der Waals surface area contributed by atoms with E-state index in [1.165, 1.54) is 33.6 Å². The van der Waals surface area contributed by atoms with Crippen LogP contribution in [0.3, 0.4) is 0 Å². The van der Waals surface area contributed by atoms with Gasteiger partial charge in [-0.05, 0) is 111 Å². The largest absolute Gasteiger partial charge is 0.457 e. The van der Waals surface area contributed by atoms with Crippen LogP contribution in [0, 0.1) is 0 Å². The molecule has 10 aromatic rings. The zero-order valence-electron chi connectivity index (χ0n) is 36.0. The normalized spacial score (nSPS) is 13.2. The molecule has 4 heterocycles. The second-order valence-electron chi connectivity index (χ2n) is 18.6. The van der Waals surface area contributed by atoms with E-state index in [2.05, 4.69) is 189 Å². The molecule has 62 heavy (non-hydrogen) atoms. The fourth-order valence-corrected chi connectivity index (χ4v) is 9.04. The fourth-order valence-electron chi connectivity index (χ4n) is 9.04. The van der Waals surface area contributed by atoms with Crippen molar-refractivity contribution in [2.75, 3.05) is 16.5 Å². The highest BCUT2D eigenvalue weighted by atomic mass is 16.5. The number of fused-ring (bicyclic) bond motifs is 8. The van der Waals surface area contributed by atoms with E-state index in [9.17, 15) is 0 Å². The van der Waals surface area contributed by atoms with Crippen molar-refractivity contribution in [1.29, 1.82) is 0 Å². The van der Waals surface area contributed by atoms with Gasteiger partial charge in [0.25, 0.3) is 0 Å². The first-order valence-electron chi connectivity index (χ1n) is 21.5. The van der Waals surface area contributed by atoms with Crippen molar-refractivity contribution in [1.82, 2.24) is 9.55 Å². The van der Waals surface area contributed by atoms with Crippen LogP contribution in [0.15, 0.2) is 174 Å². The standard InChI is InChI=1S/C56H48N4O2/c1-55(2,3)39-30-40(56(4,5)6)32-42(31-39)59-35-58(47-26-22-38(29-49(47)59)36-15-8-7-9-16-36)41-18-14-19-43(33-41)61-44-24-25-46-48(34-44)60(51-21-12-13-28-57-51)53-52-45-20-11-10-17-37(45)23-27-50(52)62-54(46)53/h7-34H,35H2,1-6H3. The SMILES string of the molecule is CC(C)(C)c1cc(N2CN(c3cccc(Oc4ccc5c6oc7ccc8ccccc8c7c6n(-c6ccccn6)c5c4)c3)c3ccc(-c4ccccc4)cc32)cc(C(C)(C)C)c1. The van der Waals surface area contributed by atoms with Gasteiger partial charge in [0.1, 0.15) is 35.1 Å². The molecule has 6 nitrogen and oxygen atoms in total. The topological polar surface area (TPSA) is 46.7 Å². The molecular weight excluding hydrogens is 761 g/mol. The molecule has 0 amide bonds. The number of rotatable bonds is 6. The third-order valence-electron chi connectivity index (χ3n) is 12.4. The monoisotopic (exact) mass is 808 g/mol. The third-order valence-corrected chi connectivity index (χ3v) is 12.4. The average molecular weight is 809 g/mol. The summed E-state index contributed by atoms with van der Waals surface area (Å²) in [6.45, 7) is 14.5. The van der Waals surface area contributed by atoms with Gasteiger partial charge in [0.2, 0.25) is 0 Å². The van der Waals surface area contributed by atoms with Crippen LogP contribution in [-0.2, 0) is 10.8 Å². The maximum absolute atomic E-state index is 6.79. The van der Waals surface area contributed by atoms with Crippen LogP contribution in [0.1, 0.15) is 52.7 Å². The molecule has 1 aliphatic rings. The zero-order valence-corrected chi connectivity index (χ0v) is 36.0. The molecule has 0 saturated carbocycles. The van der Waals surface area contributed by atoms with E-state index in [4.69, 9.17) is 14.1 Å². The maximum Gasteiger partial charge on any atom is 0.161 e. The van der Waals surface area contributed by atoms with Crippen LogP contribution in [0.5, 0.6) is 11.5 Å². The van der Waals surface area contributed by atoms with E-state index in [-0.39, 0.29) is 10.8 Å². The fraction of sp³-hybridized carbons (Fsp3) is 0.161. The van der Waals surface area contributed by atoms with E-state index < -0.39 is 0 Å². The van der Waals surface area contributed by atoms with Gasteiger partial charge in [-0.2, -0.15) is 0 Å². The maximum atomic E-state index is 6.79. The second-order valence-corrected chi connectivity index (χ2v) is 18.6. The number of ether oxygens (including phenoxy) is 1. The van der Waals surface area contributed by atoms with Gasteiger partial charge in [0, 0.05) is 35.1 Å². The van der Waals surface area contributed by atoms with Gasteiger partial charge >= 0.3 is 0 Å². The van der Waals surface area contributed by atoms with E-state index in [1.807, 2.05) is 36.5 Å². The Kier molecular flexibility index (Phi) is 8.59. The first-order chi connectivity index (χ1) is 30.0. The molecule has 3 aromatic heterocycles. The number of furan rings is 1. The highest BCUT2D eigenvalue weighted by Gasteiger charge is 2.31. The van der Waals surface area contributed by atoms with Gasteiger partial charge < -0.3 is 19.0 Å². The lowest BCUT2D eigenvalue weighted by Gasteiger charge is -2.29. The number of hydrogen-bond acceptors (Lipinski definition) is 5. The Balaban J connectivity index is 1.00. The average Bonchev–Trinajstić information content (AvgIpc) is 3.95. The zero-order chi connectivity index (χ0) is 42.3. The second kappa shape index (κ2) is 14.1. The first kappa shape index (κ1) is 37.7. The summed E-state index contributed by atoms with van der Waals surface area (Å²) >= 11 is 0. The molecule has 0 N–H and O–H groups in total. The molecule has 11 rings (SSSR count). The van der Waals surface area contributed by atoms with Crippen LogP contribution in [0.25, 0.3) is 60.7 Å². The van der Waals surface area contributed by atoms with Crippen molar-refractivity contribution in [2.45, 2.75) is 52.4 Å². The smallest absolute Gasteiger partial charge is 0.161 e. The molecule has 0 atom stereocenters. The lowest BCUT2D eigenvalue weighted by molar-refractivity contribution is 0.483. The number of anilines is 4. The highest BCUT2D eigenvalue weighted by Crippen LogP contribution is 2.48. The van der Waals surface area contributed by atoms with Crippen LogP contribution in [0.2, 0.25) is 0 Å². The number of hydrogen-bond donors (Lipinski definition) is 0. The molecule has 0 spiro atoms. The van der Waals surface area contributed by atoms with Crippen LogP contribution < -0.4 is 14.5 Å². The molecule has 304 valence electrons. The molecule has 1 aliphatic heterocycles. The number of pyridine rings is 1. The Bertz CT molecular complexity index is 3300. The van der Waals surface area contributed by atoms with Crippen molar-refractivity contribution in [3.8, 4) is 28.4 Å². The van der Waals surface area contributed by atoms with E-state index in [0.29, 0.717) is 6.67 Å². The lowest BCUT2D eigenvalue weighted by atomic mass is 9.80. The van der Waals surface area contributed by atoms with Crippen molar-refractivity contribution in [3.63, 3.8) is 0 Å². The molecule has 6 heteroatoms. The summed E-state index contributed by atoms with van der Waals surface area (Å²) in [6, 6.07) is 58.1. The quantitative estimate of drug-likeness (QED) is 0.167. The van der Waals surface area contributed by atoms with Crippen molar-refractivity contribution >= 4 is 66.5 Å². The van der Waals surface area contributed by atoms with E-state index in [1.54, 1.807) is 0 Å². The molecule has 0 radical (unpaired) electrons. The minimum absolute atomic E-state index is 0.00986. The van der Waals surface area contributed by atoms with Crippen LogP contribution in [-0.4, -0.2) is 16.2 Å². The molecule has 0 bridgehead atoms. The molecule has 0 aliphatic carbocycles. The molecule has 0 fully saturated rings. The minimum atomic E-state index is -0.00986. The Morgan fingerprint density at radius 1 is 0.548 bits per heavy atom. The Hall–Kier alpha value is -7.31. The molecular formula is C56H48N4O2. The van der Waals surface area contributed by atoms with Gasteiger partial charge in [-0.1, -0.05) is 126 Å². The predicted octanol–water partition coefficient (Wildman–Crippen LogP) is 15.4.